The van der Waals surface area contributed by atoms with E-state index in [1.807, 2.05) is 19.3 Å². The lowest BCUT2D eigenvalue weighted by atomic mass is 10.2. The molecular formula is C13H20N4O. The SMILES string of the molecule is CNc1ccnc(CN2CCC(NC(C)=O)C2)c1. The summed E-state index contributed by atoms with van der Waals surface area (Å²) in [6, 6.07) is 4.30. The van der Waals surface area contributed by atoms with Crippen LogP contribution in [-0.2, 0) is 11.3 Å². The van der Waals surface area contributed by atoms with Gasteiger partial charge in [-0.3, -0.25) is 14.7 Å². The van der Waals surface area contributed by atoms with E-state index < -0.39 is 0 Å². The van der Waals surface area contributed by atoms with Gasteiger partial charge in [0.1, 0.15) is 0 Å². The molecule has 0 radical (unpaired) electrons. The number of carbonyl (C=O) groups is 1. The molecule has 1 aliphatic rings. The van der Waals surface area contributed by atoms with Crippen LogP contribution in [0, 0.1) is 0 Å². The molecule has 18 heavy (non-hydrogen) atoms. The Morgan fingerprint density at radius 1 is 1.61 bits per heavy atom. The van der Waals surface area contributed by atoms with Crippen LogP contribution in [0.2, 0.25) is 0 Å². The Balaban J connectivity index is 1.88. The number of pyridine rings is 1. The number of amides is 1. The predicted octanol–water partition coefficient (Wildman–Crippen LogP) is 0.834. The van der Waals surface area contributed by atoms with Crippen LogP contribution in [0.5, 0.6) is 0 Å². The van der Waals surface area contributed by atoms with Crippen molar-refractivity contribution in [2.75, 3.05) is 25.5 Å². The maximum Gasteiger partial charge on any atom is 0.217 e. The second-order valence-electron chi connectivity index (χ2n) is 4.71. The Bertz CT molecular complexity index is 421. The highest BCUT2D eigenvalue weighted by molar-refractivity contribution is 5.73. The summed E-state index contributed by atoms with van der Waals surface area (Å²) in [7, 11) is 1.90. The molecule has 0 bridgehead atoms. The zero-order valence-corrected chi connectivity index (χ0v) is 10.9. The van der Waals surface area contributed by atoms with Gasteiger partial charge in [-0.15, -0.1) is 0 Å². The number of carbonyl (C=O) groups excluding carboxylic acids is 1. The van der Waals surface area contributed by atoms with Gasteiger partial charge in [0.2, 0.25) is 5.91 Å². The highest BCUT2D eigenvalue weighted by Crippen LogP contribution is 2.14. The van der Waals surface area contributed by atoms with Gasteiger partial charge in [-0.05, 0) is 18.6 Å². The first-order chi connectivity index (χ1) is 8.67. The van der Waals surface area contributed by atoms with Gasteiger partial charge in [0.25, 0.3) is 0 Å². The molecule has 1 atom stereocenters. The van der Waals surface area contributed by atoms with Gasteiger partial charge >= 0.3 is 0 Å². The van der Waals surface area contributed by atoms with Gasteiger partial charge < -0.3 is 10.6 Å². The molecule has 98 valence electrons. The molecular weight excluding hydrogens is 228 g/mol. The van der Waals surface area contributed by atoms with E-state index in [0.29, 0.717) is 0 Å². The Labute approximate surface area is 108 Å². The van der Waals surface area contributed by atoms with Crippen molar-refractivity contribution >= 4 is 11.6 Å². The standard InChI is InChI=1S/C13H20N4O/c1-10(18)16-12-4-6-17(8-12)9-13-7-11(14-2)3-5-15-13/h3,5,7,12H,4,6,8-9H2,1-2H3,(H,14,15)(H,16,18). The molecule has 1 unspecified atom stereocenters. The van der Waals surface area contributed by atoms with Crippen LogP contribution in [0.3, 0.4) is 0 Å². The molecule has 0 aromatic carbocycles. The summed E-state index contributed by atoms with van der Waals surface area (Å²) in [5, 5.41) is 6.08. The van der Waals surface area contributed by atoms with E-state index in [1.165, 1.54) is 0 Å². The van der Waals surface area contributed by atoms with Crippen molar-refractivity contribution in [3.05, 3.63) is 24.0 Å². The fourth-order valence-electron chi connectivity index (χ4n) is 2.33. The van der Waals surface area contributed by atoms with Crippen LogP contribution < -0.4 is 10.6 Å². The van der Waals surface area contributed by atoms with Crippen molar-refractivity contribution < 1.29 is 4.79 Å². The van der Waals surface area contributed by atoms with Crippen molar-refractivity contribution in [3.63, 3.8) is 0 Å². The second-order valence-corrected chi connectivity index (χ2v) is 4.71. The van der Waals surface area contributed by atoms with Gasteiger partial charge in [0, 0.05) is 51.5 Å². The zero-order valence-electron chi connectivity index (χ0n) is 10.9. The summed E-state index contributed by atoms with van der Waals surface area (Å²) in [6.07, 6.45) is 2.84. The molecule has 5 heteroatoms. The number of nitrogens with zero attached hydrogens (tertiary/aromatic N) is 2. The minimum atomic E-state index is 0.0529. The molecule has 2 heterocycles. The molecule has 1 amide bonds. The summed E-state index contributed by atoms with van der Waals surface area (Å²) in [5.41, 5.74) is 2.14. The average molecular weight is 248 g/mol. The number of anilines is 1. The Kier molecular flexibility index (Phi) is 4.15. The Morgan fingerprint density at radius 2 is 2.44 bits per heavy atom. The average Bonchev–Trinajstić information content (AvgIpc) is 2.76. The first kappa shape index (κ1) is 12.8. The highest BCUT2D eigenvalue weighted by atomic mass is 16.1. The third kappa shape index (κ3) is 3.43. The van der Waals surface area contributed by atoms with Crippen LogP contribution in [-0.4, -0.2) is 42.0 Å². The minimum absolute atomic E-state index is 0.0529. The smallest absolute Gasteiger partial charge is 0.217 e. The molecule has 0 aliphatic carbocycles. The van der Waals surface area contributed by atoms with Crippen LogP contribution in [0.1, 0.15) is 19.0 Å². The third-order valence-corrected chi connectivity index (χ3v) is 3.17. The molecule has 1 saturated heterocycles. The molecule has 1 aliphatic heterocycles. The number of aromatic nitrogens is 1. The summed E-state index contributed by atoms with van der Waals surface area (Å²) in [5.74, 6) is 0.0529. The van der Waals surface area contributed by atoms with E-state index in [0.717, 1.165) is 37.4 Å². The number of nitrogens with one attached hydrogen (secondary N) is 2. The Hall–Kier alpha value is -1.62. The van der Waals surface area contributed by atoms with Crippen LogP contribution in [0.15, 0.2) is 18.3 Å². The van der Waals surface area contributed by atoms with Crippen LogP contribution in [0.25, 0.3) is 0 Å². The number of hydrogen-bond acceptors (Lipinski definition) is 4. The van der Waals surface area contributed by atoms with Crippen molar-refractivity contribution in [1.29, 1.82) is 0 Å². The first-order valence-electron chi connectivity index (χ1n) is 6.29. The zero-order chi connectivity index (χ0) is 13.0. The lowest BCUT2D eigenvalue weighted by Gasteiger charge is -2.16. The molecule has 2 rings (SSSR count). The van der Waals surface area contributed by atoms with E-state index in [4.69, 9.17) is 0 Å². The van der Waals surface area contributed by atoms with E-state index in [2.05, 4.69) is 26.6 Å². The fourth-order valence-corrected chi connectivity index (χ4v) is 2.33. The molecule has 0 spiro atoms. The van der Waals surface area contributed by atoms with E-state index in [-0.39, 0.29) is 11.9 Å². The molecule has 1 fully saturated rings. The molecule has 1 aromatic rings. The summed E-state index contributed by atoms with van der Waals surface area (Å²) in [4.78, 5) is 17.7. The largest absolute Gasteiger partial charge is 0.388 e. The minimum Gasteiger partial charge on any atom is -0.388 e. The molecule has 2 N–H and O–H groups in total. The number of likely N-dealkylation sites (tertiary alicyclic amines) is 1. The maximum absolute atomic E-state index is 11.0. The summed E-state index contributed by atoms with van der Waals surface area (Å²) in [6.45, 7) is 4.33. The molecule has 0 saturated carbocycles. The van der Waals surface area contributed by atoms with Crippen LogP contribution in [0.4, 0.5) is 5.69 Å². The number of hydrogen-bond donors (Lipinski definition) is 2. The van der Waals surface area contributed by atoms with Gasteiger partial charge in [0.15, 0.2) is 0 Å². The normalized spacial score (nSPS) is 19.8. The first-order valence-corrected chi connectivity index (χ1v) is 6.29. The maximum atomic E-state index is 11.0. The molecule has 5 nitrogen and oxygen atoms in total. The van der Waals surface area contributed by atoms with Crippen molar-refractivity contribution in [2.45, 2.75) is 25.9 Å². The van der Waals surface area contributed by atoms with E-state index >= 15 is 0 Å². The number of rotatable bonds is 4. The van der Waals surface area contributed by atoms with Gasteiger partial charge in [-0.2, -0.15) is 0 Å². The quantitative estimate of drug-likeness (QED) is 0.829. The van der Waals surface area contributed by atoms with Gasteiger partial charge in [-0.1, -0.05) is 0 Å². The lowest BCUT2D eigenvalue weighted by molar-refractivity contribution is -0.119. The monoisotopic (exact) mass is 248 g/mol. The fraction of sp³-hybridized carbons (Fsp3) is 0.538. The summed E-state index contributed by atoms with van der Waals surface area (Å²) >= 11 is 0. The summed E-state index contributed by atoms with van der Waals surface area (Å²) < 4.78 is 0. The van der Waals surface area contributed by atoms with E-state index in [9.17, 15) is 4.79 Å². The van der Waals surface area contributed by atoms with Gasteiger partial charge in [-0.25, -0.2) is 0 Å². The van der Waals surface area contributed by atoms with Crippen LogP contribution >= 0.6 is 0 Å². The lowest BCUT2D eigenvalue weighted by Crippen LogP contribution is -2.35. The van der Waals surface area contributed by atoms with Crippen molar-refractivity contribution in [1.82, 2.24) is 15.2 Å². The predicted molar refractivity (Wildman–Crippen MR) is 71.3 cm³/mol. The van der Waals surface area contributed by atoms with E-state index in [1.54, 1.807) is 6.92 Å². The topological polar surface area (TPSA) is 57.3 Å². The highest BCUT2D eigenvalue weighted by Gasteiger charge is 2.23. The van der Waals surface area contributed by atoms with Gasteiger partial charge in [0.05, 0.1) is 5.69 Å². The molecule has 1 aromatic heterocycles. The second kappa shape index (κ2) is 5.82. The Morgan fingerprint density at radius 3 is 3.17 bits per heavy atom. The van der Waals surface area contributed by atoms with Crippen molar-refractivity contribution in [2.24, 2.45) is 0 Å². The third-order valence-electron chi connectivity index (χ3n) is 3.17. The van der Waals surface area contributed by atoms with Crippen molar-refractivity contribution in [3.8, 4) is 0 Å².